The predicted octanol–water partition coefficient (Wildman–Crippen LogP) is 5.35. The summed E-state index contributed by atoms with van der Waals surface area (Å²) in [5.41, 5.74) is 4.05. The lowest BCUT2D eigenvalue weighted by Crippen LogP contribution is -2.20. The van der Waals surface area contributed by atoms with Gasteiger partial charge in [-0.2, -0.15) is 0 Å². The normalized spacial score (nSPS) is 10.7. The minimum Gasteiger partial charge on any atom is -0.375 e. The van der Waals surface area contributed by atoms with Crippen molar-refractivity contribution >= 4 is 5.69 Å². The molecule has 1 heteroatoms. The molecule has 1 nitrogen and oxygen atoms in total. The summed E-state index contributed by atoms with van der Waals surface area (Å²) in [4.78, 5) is 2.33. The lowest BCUT2D eigenvalue weighted by atomic mass is 9.88. The highest BCUT2D eigenvalue weighted by Gasteiger charge is 2.14. The molecule has 0 bridgehead atoms. The summed E-state index contributed by atoms with van der Waals surface area (Å²) in [5.74, 6) is 0.434. The van der Waals surface area contributed by atoms with Crippen LogP contribution in [0, 0.1) is 0 Å². The molecule has 23 heavy (non-hydrogen) atoms. The van der Waals surface area contributed by atoms with Gasteiger partial charge in [-0.15, -0.1) is 0 Å². The minimum atomic E-state index is 0.434. The lowest BCUT2D eigenvalue weighted by molar-refractivity contribution is 0.702. The van der Waals surface area contributed by atoms with Crippen molar-refractivity contribution in [3.63, 3.8) is 0 Å². The maximum Gasteiger partial charge on any atom is 0.0363 e. The molecule has 3 aromatic carbocycles. The van der Waals surface area contributed by atoms with Crippen molar-refractivity contribution in [3.8, 4) is 0 Å². The topological polar surface area (TPSA) is 3.24 Å². The first-order valence-electron chi connectivity index (χ1n) is 8.20. The van der Waals surface area contributed by atoms with Crippen molar-refractivity contribution < 1.29 is 0 Å². The van der Waals surface area contributed by atoms with E-state index in [-0.39, 0.29) is 0 Å². The van der Waals surface area contributed by atoms with Gasteiger partial charge >= 0.3 is 0 Å². The standard InChI is InChI=1S/C22H23N/c1-23(21-15-9-4-10-16-21)18-17-22(19-11-5-2-6-12-19)20-13-7-3-8-14-20/h2-16,22H,17-18H2,1H3. The van der Waals surface area contributed by atoms with Gasteiger partial charge in [0.25, 0.3) is 0 Å². The Kier molecular flexibility index (Phi) is 5.10. The molecule has 0 radical (unpaired) electrons. The molecule has 116 valence electrons. The van der Waals surface area contributed by atoms with Gasteiger partial charge in [-0.25, -0.2) is 0 Å². The van der Waals surface area contributed by atoms with Gasteiger partial charge in [0.05, 0.1) is 0 Å². The molecule has 0 aromatic heterocycles. The van der Waals surface area contributed by atoms with Crippen LogP contribution in [0.4, 0.5) is 5.69 Å². The van der Waals surface area contributed by atoms with Gasteiger partial charge in [-0.05, 0) is 29.7 Å². The third kappa shape index (κ3) is 4.01. The molecule has 0 atom stereocenters. The Morgan fingerprint density at radius 3 is 1.57 bits per heavy atom. The van der Waals surface area contributed by atoms with E-state index in [9.17, 15) is 0 Å². The highest BCUT2D eigenvalue weighted by Crippen LogP contribution is 2.28. The van der Waals surface area contributed by atoms with Gasteiger partial charge in [-0.3, -0.25) is 0 Å². The van der Waals surface area contributed by atoms with Crippen LogP contribution in [0.5, 0.6) is 0 Å². The van der Waals surface area contributed by atoms with Gasteiger partial charge < -0.3 is 4.90 Å². The van der Waals surface area contributed by atoms with Crippen molar-refractivity contribution in [1.29, 1.82) is 0 Å². The smallest absolute Gasteiger partial charge is 0.0363 e. The quantitative estimate of drug-likeness (QED) is 0.593. The zero-order valence-electron chi connectivity index (χ0n) is 13.6. The SMILES string of the molecule is CN(CCC(c1ccccc1)c1ccccc1)c1ccccc1. The summed E-state index contributed by atoms with van der Waals surface area (Å²) in [7, 11) is 2.17. The van der Waals surface area contributed by atoms with Crippen LogP contribution in [0.3, 0.4) is 0 Å². The van der Waals surface area contributed by atoms with Gasteiger partial charge in [0.1, 0.15) is 0 Å². The Hall–Kier alpha value is -2.54. The summed E-state index contributed by atoms with van der Waals surface area (Å²) in [5, 5.41) is 0. The molecule has 0 heterocycles. The molecule has 0 aliphatic heterocycles. The molecule has 3 aromatic rings. The van der Waals surface area contributed by atoms with E-state index in [0.29, 0.717) is 5.92 Å². The fraction of sp³-hybridized carbons (Fsp3) is 0.182. The van der Waals surface area contributed by atoms with Crippen molar-refractivity contribution in [3.05, 3.63) is 102 Å². The van der Waals surface area contributed by atoms with Gasteiger partial charge in [0.2, 0.25) is 0 Å². The summed E-state index contributed by atoms with van der Waals surface area (Å²) in [6, 6.07) is 32.2. The lowest BCUT2D eigenvalue weighted by Gasteiger charge is -2.24. The van der Waals surface area contributed by atoms with Crippen molar-refractivity contribution in [1.82, 2.24) is 0 Å². The van der Waals surface area contributed by atoms with Crippen LogP contribution in [-0.2, 0) is 0 Å². The number of rotatable bonds is 6. The third-order valence-electron chi connectivity index (χ3n) is 4.35. The molecule has 0 spiro atoms. The maximum atomic E-state index is 2.33. The molecule has 0 unspecified atom stereocenters. The van der Waals surface area contributed by atoms with E-state index < -0.39 is 0 Å². The number of para-hydroxylation sites is 1. The molecule has 0 aliphatic carbocycles. The highest BCUT2D eigenvalue weighted by molar-refractivity contribution is 5.45. The van der Waals surface area contributed by atoms with Crippen LogP contribution < -0.4 is 4.90 Å². The first kappa shape index (κ1) is 15.4. The van der Waals surface area contributed by atoms with Crippen LogP contribution in [0.15, 0.2) is 91.0 Å². The Morgan fingerprint density at radius 1 is 0.652 bits per heavy atom. The largest absolute Gasteiger partial charge is 0.375 e. The molecule has 0 N–H and O–H groups in total. The number of nitrogens with zero attached hydrogens (tertiary/aromatic N) is 1. The molecular weight excluding hydrogens is 278 g/mol. The van der Waals surface area contributed by atoms with Crippen molar-refractivity contribution in [2.24, 2.45) is 0 Å². The number of benzene rings is 3. The van der Waals surface area contributed by atoms with Gasteiger partial charge in [-0.1, -0.05) is 78.9 Å². The van der Waals surface area contributed by atoms with E-state index in [4.69, 9.17) is 0 Å². The predicted molar refractivity (Wildman–Crippen MR) is 99.1 cm³/mol. The monoisotopic (exact) mass is 301 g/mol. The molecule has 3 rings (SSSR count). The Balaban J connectivity index is 1.77. The van der Waals surface area contributed by atoms with Crippen LogP contribution in [0.1, 0.15) is 23.5 Å². The summed E-state index contributed by atoms with van der Waals surface area (Å²) in [6.07, 6.45) is 1.10. The van der Waals surface area contributed by atoms with Crippen molar-refractivity contribution in [2.45, 2.75) is 12.3 Å². The fourth-order valence-electron chi connectivity index (χ4n) is 3.03. The molecule has 0 aliphatic rings. The maximum absolute atomic E-state index is 2.33. The van der Waals surface area contributed by atoms with E-state index in [0.717, 1.165) is 13.0 Å². The van der Waals surface area contributed by atoms with E-state index >= 15 is 0 Å². The van der Waals surface area contributed by atoms with Crippen LogP contribution >= 0.6 is 0 Å². The fourth-order valence-corrected chi connectivity index (χ4v) is 3.03. The van der Waals surface area contributed by atoms with Crippen LogP contribution in [0.25, 0.3) is 0 Å². The molecule has 0 saturated carbocycles. The van der Waals surface area contributed by atoms with E-state index in [1.54, 1.807) is 0 Å². The molecule has 0 amide bonds. The number of anilines is 1. The second-order valence-corrected chi connectivity index (χ2v) is 5.92. The highest BCUT2D eigenvalue weighted by atomic mass is 15.1. The Morgan fingerprint density at radius 2 is 1.09 bits per heavy atom. The molecule has 0 fully saturated rings. The van der Waals surface area contributed by atoms with Gasteiger partial charge in [0.15, 0.2) is 0 Å². The average molecular weight is 301 g/mol. The Labute approximate surface area is 139 Å². The van der Waals surface area contributed by atoms with Gasteiger partial charge in [0, 0.05) is 25.2 Å². The molecule has 0 saturated heterocycles. The average Bonchev–Trinajstić information content (AvgIpc) is 2.64. The van der Waals surface area contributed by atoms with Crippen molar-refractivity contribution in [2.75, 3.05) is 18.5 Å². The zero-order valence-corrected chi connectivity index (χ0v) is 13.6. The van der Waals surface area contributed by atoms with E-state index in [1.165, 1.54) is 16.8 Å². The number of hydrogen-bond donors (Lipinski definition) is 0. The Bertz CT molecular complexity index is 652. The first-order valence-corrected chi connectivity index (χ1v) is 8.20. The number of hydrogen-bond acceptors (Lipinski definition) is 1. The van der Waals surface area contributed by atoms with Crippen LogP contribution in [0.2, 0.25) is 0 Å². The second kappa shape index (κ2) is 7.64. The summed E-state index contributed by atoms with van der Waals surface area (Å²) < 4.78 is 0. The van der Waals surface area contributed by atoms with E-state index in [1.807, 2.05) is 0 Å². The summed E-state index contributed by atoms with van der Waals surface area (Å²) in [6.45, 7) is 1.03. The minimum absolute atomic E-state index is 0.434. The zero-order chi connectivity index (χ0) is 15.9. The second-order valence-electron chi connectivity index (χ2n) is 5.92. The van der Waals surface area contributed by atoms with Crippen LogP contribution in [-0.4, -0.2) is 13.6 Å². The first-order chi connectivity index (χ1) is 11.3. The summed E-state index contributed by atoms with van der Waals surface area (Å²) >= 11 is 0. The van der Waals surface area contributed by atoms with E-state index in [2.05, 4.69) is 103 Å². The molecular formula is C22H23N. The third-order valence-corrected chi connectivity index (χ3v) is 4.35.